The third-order valence-corrected chi connectivity index (χ3v) is 5.30. The first-order chi connectivity index (χ1) is 16.1. The number of aromatic carboxylic acids is 1. The van der Waals surface area contributed by atoms with Crippen LogP contribution in [0.25, 0.3) is 27.7 Å². The van der Waals surface area contributed by atoms with Crippen molar-refractivity contribution in [3.63, 3.8) is 0 Å². The largest absolute Gasteiger partial charge is 0.507 e. The van der Waals surface area contributed by atoms with E-state index in [-0.39, 0.29) is 28.6 Å². The van der Waals surface area contributed by atoms with E-state index in [4.69, 9.17) is 4.42 Å². The van der Waals surface area contributed by atoms with Gasteiger partial charge in [0.25, 0.3) is 0 Å². The smallest absolute Gasteiger partial charge is 0.337 e. The second kappa shape index (κ2) is 8.01. The lowest BCUT2D eigenvalue weighted by Crippen LogP contribution is -1.97. The summed E-state index contributed by atoms with van der Waals surface area (Å²) in [4.78, 5) is 11.9. The van der Waals surface area contributed by atoms with Crippen molar-refractivity contribution in [3.8, 4) is 28.4 Å². The molecule has 0 saturated heterocycles. The molecule has 5 aromatic rings. The maximum absolute atomic E-state index is 11.9. The molecule has 33 heavy (non-hydrogen) atoms. The fraction of sp³-hybridized carbons (Fsp3) is 0. The van der Waals surface area contributed by atoms with Gasteiger partial charge in [0.05, 0.1) is 23.0 Å². The second-order valence-corrected chi connectivity index (χ2v) is 7.23. The van der Waals surface area contributed by atoms with Crippen LogP contribution >= 0.6 is 0 Å². The standard InChI is InChI=1S/C25H17N3O5/c29-21-11-4-2-6-16(21)17-8-5-9-19(25(31)32)22(17)26-27-23-18-7-1-3-10-20(18)28(24(23)30)15-12-13-33-14-15/h1-14,29-30H,(H,31,32). The molecule has 8 heteroatoms. The van der Waals surface area contributed by atoms with Crippen LogP contribution in [-0.4, -0.2) is 25.9 Å². The Morgan fingerprint density at radius 2 is 1.55 bits per heavy atom. The van der Waals surface area contributed by atoms with Gasteiger partial charge in [-0.15, -0.1) is 10.2 Å². The Kier molecular flexibility index (Phi) is 4.87. The number of rotatable bonds is 5. The van der Waals surface area contributed by atoms with E-state index in [1.807, 2.05) is 12.1 Å². The number of para-hydroxylation sites is 2. The van der Waals surface area contributed by atoms with Crippen LogP contribution in [0.1, 0.15) is 10.4 Å². The number of carbonyl (C=O) groups is 1. The first-order valence-corrected chi connectivity index (χ1v) is 9.97. The van der Waals surface area contributed by atoms with Gasteiger partial charge in [0.1, 0.15) is 17.7 Å². The third-order valence-electron chi connectivity index (χ3n) is 5.30. The lowest BCUT2D eigenvalue weighted by Gasteiger charge is -2.09. The molecule has 0 amide bonds. The minimum absolute atomic E-state index is 0.0177. The van der Waals surface area contributed by atoms with E-state index in [0.717, 1.165) is 0 Å². The number of hydrogen-bond acceptors (Lipinski definition) is 6. The number of carboxylic acids is 1. The summed E-state index contributed by atoms with van der Waals surface area (Å²) in [5, 5.41) is 40.2. The van der Waals surface area contributed by atoms with Crippen molar-refractivity contribution < 1.29 is 24.5 Å². The molecule has 2 heterocycles. The first kappa shape index (κ1) is 20.1. The van der Waals surface area contributed by atoms with Crippen LogP contribution in [0, 0.1) is 0 Å². The van der Waals surface area contributed by atoms with Crippen molar-refractivity contribution in [1.82, 2.24) is 4.57 Å². The maximum Gasteiger partial charge on any atom is 0.337 e. The van der Waals surface area contributed by atoms with E-state index < -0.39 is 5.97 Å². The SMILES string of the molecule is O=C(O)c1cccc(-c2ccccc2O)c1N=Nc1c(O)n(-c2ccoc2)c2ccccc12. The average molecular weight is 439 g/mol. The summed E-state index contributed by atoms with van der Waals surface area (Å²) in [6.07, 6.45) is 2.98. The Morgan fingerprint density at radius 3 is 2.30 bits per heavy atom. The molecule has 5 rings (SSSR count). The molecule has 162 valence electrons. The highest BCUT2D eigenvalue weighted by atomic mass is 16.4. The van der Waals surface area contributed by atoms with Crippen molar-refractivity contribution in [2.24, 2.45) is 10.2 Å². The Bertz CT molecular complexity index is 1520. The van der Waals surface area contributed by atoms with Crippen molar-refractivity contribution in [3.05, 3.63) is 90.9 Å². The minimum Gasteiger partial charge on any atom is -0.507 e. The van der Waals surface area contributed by atoms with Crippen LogP contribution in [0.2, 0.25) is 0 Å². The number of aromatic nitrogens is 1. The molecule has 3 N–H and O–H groups in total. The number of hydrogen-bond donors (Lipinski definition) is 3. The molecule has 0 saturated carbocycles. The van der Waals surface area contributed by atoms with Crippen molar-refractivity contribution >= 4 is 28.2 Å². The molecule has 0 spiro atoms. The zero-order valence-corrected chi connectivity index (χ0v) is 17.1. The van der Waals surface area contributed by atoms with Gasteiger partial charge in [-0.1, -0.05) is 48.5 Å². The zero-order valence-electron chi connectivity index (χ0n) is 17.1. The van der Waals surface area contributed by atoms with Crippen LogP contribution < -0.4 is 0 Å². The van der Waals surface area contributed by atoms with E-state index in [1.165, 1.54) is 24.7 Å². The summed E-state index contributed by atoms with van der Waals surface area (Å²) >= 11 is 0. The number of fused-ring (bicyclic) bond motifs is 1. The predicted octanol–water partition coefficient (Wildman–Crippen LogP) is 6.42. The van der Waals surface area contributed by atoms with Crippen LogP contribution in [0.3, 0.4) is 0 Å². The van der Waals surface area contributed by atoms with Gasteiger partial charge in [0.2, 0.25) is 5.88 Å². The number of phenolic OH excluding ortho intramolecular Hbond substituents is 1. The summed E-state index contributed by atoms with van der Waals surface area (Å²) in [5.41, 5.74) is 2.25. The first-order valence-electron chi connectivity index (χ1n) is 9.97. The van der Waals surface area contributed by atoms with E-state index in [2.05, 4.69) is 10.2 Å². The Morgan fingerprint density at radius 1 is 0.818 bits per heavy atom. The monoisotopic (exact) mass is 439 g/mol. The third kappa shape index (κ3) is 3.39. The van der Waals surface area contributed by atoms with Crippen LogP contribution in [0.15, 0.2) is 100.0 Å². The molecule has 0 bridgehead atoms. The van der Waals surface area contributed by atoms with Gasteiger partial charge in [-0.3, -0.25) is 4.57 Å². The van der Waals surface area contributed by atoms with Gasteiger partial charge >= 0.3 is 5.97 Å². The Balaban J connectivity index is 1.72. The minimum atomic E-state index is -1.19. The van der Waals surface area contributed by atoms with Crippen LogP contribution in [-0.2, 0) is 0 Å². The fourth-order valence-electron chi connectivity index (χ4n) is 3.80. The Labute approximate surface area is 187 Å². The summed E-state index contributed by atoms with van der Waals surface area (Å²) in [7, 11) is 0. The van der Waals surface area contributed by atoms with E-state index in [1.54, 1.807) is 53.1 Å². The molecule has 3 aromatic carbocycles. The zero-order chi connectivity index (χ0) is 22.9. The molecule has 0 aliphatic heterocycles. The highest BCUT2D eigenvalue weighted by molar-refractivity contribution is 5.99. The molecule has 0 aliphatic rings. The molecule has 0 fully saturated rings. The molecule has 0 radical (unpaired) electrons. The van der Waals surface area contributed by atoms with E-state index in [0.29, 0.717) is 27.7 Å². The summed E-state index contributed by atoms with van der Waals surface area (Å²) < 4.78 is 6.72. The molecule has 8 nitrogen and oxygen atoms in total. The van der Waals surface area contributed by atoms with E-state index >= 15 is 0 Å². The van der Waals surface area contributed by atoms with Crippen LogP contribution in [0.5, 0.6) is 11.6 Å². The highest BCUT2D eigenvalue weighted by Gasteiger charge is 2.20. The number of nitrogens with zero attached hydrogens (tertiary/aromatic N) is 3. The van der Waals surface area contributed by atoms with Crippen molar-refractivity contribution in [2.75, 3.05) is 0 Å². The van der Waals surface area contributed by atoms with Crippen molar-refractivity contribution in [1.29, 1.82) is 0 Å². The molecule has 0 unspecified atom stereocenters. The van der Waals surface area contributed by atoms with Gasteiger partial charge in [0, 0.05) is 22.6 Å². The lowest BCUT2D eigenvalue weighted by atomic mass is 9.99. The van der Waals surface area contributed by atoms with Gasteiger partial charge < -0.3 is 19.7 Å². The van der Waals surface area contributed by atoms with Gasteiger partial charge in [0.15, 0.2) is 5.69 Å². The normalized spacial score (nSPS) is 11.4. The van der Waals surface area contributed by atoms with Crippen LogP contribution in [0.4, 0.5) is 11.4 Å². The van der Waals surface area contributed by atoms with Gasteiger partial charge in [-0.05, 0) is 18.2 Å². The average Bonchev–Trinajstić information content (AvgIpc) is 3.43. The topological polar surface area (TPSA) is 121 Å². The number of carboxylic acid groups (broad SMARTS) is 1. The quantitative estimate of drug-likeness (QED) is 0.273. The number of benzene rings is 3. The molecule has 0 aliphatic carbocycles. The fourth-order valence-corrected chi connectivity index (χ4v) is 3.80. The molecule has 2 aromatic heterocycles. The van der Waals surface area contributed by atoms with Crippen molar-refractivity contribution in [2.45, 2.75) is 0 Å². The second-order valence-electron chi connectivity index (χ2n) is 7.23. The number of furan rings is 1. The van der Waals surface area contributed by atoms with E-state index in [9.17, 15) is 20.1 Å². The number of azo groups is 1. The highest BCUT2D eigenvalue weighted by Crippen LogP contribution is 2.43. The Hall–Kier alpha value is -4.85. The predicted molar refractivity (Wildman–Crippen MR) is 122 cm³/mol. The maximum atomic E-state index is 11.9. The number of phenols is 1. The molecule has 0 atom stereocenters. The molecular formula is C25H17N3O5. The molecular weight excluding hydrogens is 422 g/mol. The van der Waals surface area contributed by atoms with Gasteiger partial charge in [-0.25, -0.2) is 4.79 Å². The summed E-state index contributed by atoms with van der Waals surface area (Å²) in [5.74, 6) is -1.37. The number of aromatic hydroxyl groups is 2. The van der Waals surface area contributed by atoms with Gasteiger partial charge in [-0.2, -0.15) is 0 Å². The summed E-state index contributed by atoms with van der Waals surface area (Å²) in [6.45, 7) is 0. The summed E-state index contributed by atoms with van der Waals surface area (Å²) in [6, 6.07) is 20.2. The lowest BCUT2D eigenvalue weighted by molar-refractivity contribution is 0.0697.